The van der Waals surface area contributed by atoms with E-state index < -0.39 is 0 Å². The Bertz CT molecular complexity index is 756. The zero-order valence-electron chi connectivity index (χ0n) is 12.3. The van der Waals surface area contributed by atoms with Gasteiger partial charge in [-0.15, -0.1) is 0 Å². The first-order valence-electron chi connectivity index (χ1n) is 7.12. The maximum atomic E-state index is 5.97. The van der Waals surface area contributed by atoms with Crippen molar-refractivity contribution >= 4 is 10.8 Å². The molecule has 1 aromatic heterocycles. The summed E-state index contributed by atoms with van der Waals surface area (Å²) in [7, 11) is 0. The molecule has 0 spiro atoms. The van der Waals surface area contributed by atoms with Crippen LogP contribution in [0.15, 0.2) is 47.0 Å². The third-order valence-electron chi connectivity index (χ3n) is 3.46. The second kappa shape index (κ2) is 5.30. The summed E-state index contributed by atoms with van der Waals surface area (Å²) in [4.78, 5) is 4.46. The number of hydrogen-bond acceptors (Lipinski definition) is 4. The first kappa shape index (κ1) is 13.8. The summed E-state index contributed by atoms with van der Waals surface area (Å²) in [6, 6.07) is 14.4. The highest BCUT2D eigenvalue weighted by atomic mass is 16.5. The van der Waals surface area contributed by atoms with Crippen molar-refractivity contribution in [3.8, 4) is 11.4 Å². The van der Waals surface area contributed by atoms with Crippen LogP contribution in [0.1, 0.15) is 26.2 Å². The van der Waals surface area contributed by atoms with Gasteiger partial charge in [-0.2, -0.15) is 4.98 Å². The Kier molecular flexibility index (Phi) is 3.47. The van der Waals surface area contributed by atoms with Gasteiger partial charge in [0.2, 0.25) is 11.7 Å². The van der Waals surface area contributed by atoms with Gasteiger partial charge in [0.05, 0.1) is 0 Å². The van der Waals surface area contributed by atoms with Gasteiger partial charge >= 0.3 is 0 Å². The molecule has 0 amide bonds. The minimum atomic E-state index is -0.225. The molecule has 0 aliphatic rings. The molecule has 2 aromatic carbocycles. The minimum absolute atomic E-state index is 0.225. The molecule has 1 heterocycles. The summed E-state index contributed by atoms with van der Waals surface area (Å²) in [6.45, 7) is 3.99. The van der Waals surface area contributed by atoms with Crippen LogP contribution < -0.4 is 5.73 Å². The van der Waals surface area contributed by atoms with E-state index in [0.717, 1.165) is 12.0 Å². The smallest absolute Gasteiger partial charge is 0.227 e. The molecule has 0 bridgehead atoms. The van der Waals surface area contributed by atoms with Crippen LogP contribution in [0.5, 0.6) is 0 Å². The molecule has 0 unspecified atom stereocenters. The summed E-state index contributed by atoms with van der Waals surface area (Å²) in [6.07, 6.45) is 1.51. The highest BCUT2D eigenvalue weighted by Gasteiger charge is 2.14. The van der Waals surface area contributed by atoms with E-state index in [1.807, 2.05) is 32.0 Å². The van der Waals surface area contributed by atoms with Gasteiger partial charge in [-0.3, -0.25) is 0 Å². The van der Waals surface area contributed by atoms with Crippen LogP contribution in [0, 0.1) is 0 Å². The van der Waals surface area contributed by atoms with Crippen LogP contribution in [-0.4, -0.2) is 15.7 Å². The first-order valence-corrected chi connectivity index (χ1v) is 7.12. The monoisotopic (exact) mass is 281 g/mol. The van der Waals surface area contributed by atoms with Crippen LogP contribution >= 0.6 is 0 Å². The lowest BCUT2D eigenvalue weighted by Crippen LogP contribution is -2.32. The van der Waals surface area contributed by atoms with Gasteiger partial charge in [0.15, 0.2) is 0 Å². The second-order valence-corrected chi connectivity index (χ2v) is 6.06. The van der Waals surface area contributed by atoms with Crippen molar-refractivity contribution in [2.75, 3.05) is 0 Å². The molecule has 108 valence electrons. The van der Waals surface area contributed by atoms with Crippen molar-refractivity contribution in [1.29, 1.82) is 0 Å². The van der Waals surface area contributed by atoms with Gasteiger partial charge in [0, 0.05) is 17.5 Å². The number of fused-ring (bicyclic) bond motifs is 1. The Morgan fingerprint density at radius 2 is 1.86 bits per heavy atom. The third kappa shape index (κ3) is 3.28. The Labute approximate surface area is 124 Å². The maximum Gasteiger partial charge on any atom is 0.227 e. The van der Waals surface area contributed by atoms with Gasteiger partial charge in [0.25, 0.3) is 0 Å². The number of aromatic nitrogens is 2. The van der Waals surface area contributed by atoms with Crippen LogP contribution in [0.2, 0.25) is 0 Å². The predicted molar refractivity (Wildman–Crippen MR) is 83.8 cm³/mol. The molecule has 4 heteroatoms. The van der Waals surface area contributed by atoms with E-state index >= 15 is 0 Å². The minimum Gasteiger partial charge on any atom is -0.339 e. The molecular formula is C17H19N3O. The van der Waals surface area contributed by atoms with Gasteiger partial charge in [-0.25, -0.2) is 0 Å². The Hall–Kier alpha value is -2.20. The molecule has 2 N–H and O–H groups in total. The normalized spacial score (nSPS) is 12.0. The number of hydrogen-bond donors (Lipinski definition) is 1. The Morgan fingerprint density at radius 3 is 2.62 bits per heavy atom. The van der Waals surface area contributed by atoms with Crippen LogP contribution in [0.25, 0.3) is 22.2 Å². The van der Waals surface area contributed by atoms with E-state index in [4.69, 9.17) is 10.3 Å². The van der Waals surface area contributed by atoms with E-state index in [1.54, 1.807) is 0 Å². The van der Waals surface area contributed by atoms with Gasteiger partial charge < -0.3 is 10.3 Å². The van der Waals surface area contributed by atoms with Crippen molar-refractivity contribution in [1.82, 2.24) is 10.1 Å². The average Bonchev–Trinajstić information content (AvgIpc) is 2.93. The molecule has 0 aliphatic carbocycles. The lowest BCUT2D eigenvalue weighted by molar-refractivity contribution is 0.358. The number of aryl methyl sites for hydroxylation is 1. The van der Waals surface area contributed by atoms with Crippen LogP contribution in [0.3, 0.4) is 0 Å². The molecule has 0 radical (unpaired) electrons. The van der Waals surface area contributed by atoms with Crippen molar-refractivity contribution in [3.63, 3.8) is 0 Å². The van der Waals surface area contributed by atoms with E-state index in [0.29, 0.717) is 18.1 Å². The maximum absolute atomic E-state index is 5.97. The van der Waals surface area contributed by atoms with Crippen LogP contribution in [0.4, 0.5) is 0 Å². The third-order valence-corrected chi connectivity index (χ3v) is 3.46. The molecule has 0 fully saturated rings. The Morgan fingerprint density at radius 1 is 1.10 bits per heavy atom. The first-order chi connectivity index (χ1) is 10.0. The van der Waals surface area contributed by atoms with Gasteiger partial charge in [-0.1, -0.05) is 41.6 Å². The summed E-state index contributed by atoms with van der Waals surface area (Å²) < 4.78 is 5.31. The molecule has 4 nitrogen and oxygen atoms in total. The summed E-state index contributed by atoms with van der Waals surface area (Å²) in [5.41, 5.74) is 6.72. The zero-order chi connectivity index (χ0) is 14.9. The SMILES string of the molecule is CC(C)(N)CCc1nc(-c2ccc3ccccc3c2)no1. The van der Waals surface area contributed by atoms with Crippen molar-refractivity contribution in [2.24, 2.45) is 5.73 Å². The number of nitrogens with zero attached hydrogens (tertiary/aromatic N) is 2. The molecule has 0 aliphatic heterocycles. The van der Waals surface area contributed by atoms with Crippen molar-refractivity contribution < 1.29 is 4.52 Å². The number of nitrogens with two attached hydrogens (primary N) is 1. The molecule has 3 aromatic rings. The molecule has 0 atom stereocenters. The van der Waals surface area contributed by atoms with E-state index in [-0.39, 0.29) is 5.54 Å². The highest BCUT2D eigenvalue weighted by molar-refractivity contribution is 5.86. The zero-order valence-corrected chi connectivity index (χ0v) is 12.3. The molecule has 0 saturated heterocycles. The standard InChI is InChI=1S/C17H19N3O/c1-17(2,18)10-9-15-19-16(20-21-15)14-8-7-12-5-3-4-6-13(12)11-14/h3-8,11H,9-10,18H2,1-2H3. The van der Waals surface area contributed by atoms with E-state index in [9.17, 15) is 0 Å². The molecule has 21 heavy (non-hydrogen) atoms. The second-order valence-electron chi connectivity index (χ2n) is 6.06. The largest absolute Gasteiger partial charge is 0.339 e. The van der Waals surface area contributed by atoms with Crippen LogP contribution in [-0.2, 0) is 6.42 Å². The quantitative estimate of drug-likeness (QED) is 0.794. The number of benzene rings is 2. The summed E-state index contributed by atoms with van der Waals surface area (Å²) >= 11 is 0. The summed E-state index contributed by atoms with van der Waals surface area (Å²) in [5, 5.41) is 6.44. The average molecular weight is 281 g/mol. The molecular weight excluding hydrogens is 262 g/mol. The topological polar surface area (TPSA) is 64.9 Å². The summed E-state index contributed by atoms with van der Waals surface area (Å²) in [5.74, 6) is 1.27. The Balaban J connectivity index is 1.84. The lowest BCUT2D eigenvalue weighted by Gasteiger charge is -2.16. The number of rotatable bonds is 4. The highest BCUT2D eigenvalue weighted by Crippen LogP contribution is 2.22. The van der Waals surface area contributed by atoms with Crippen molar-refractivity contribution in [2.45, 2.75) is 32.2 Å². The fourth-order valence-electron chi connectivity index (χ4n) is 2.23. The van der Waals surface area contributed by atoms with E-state index in [2.05, 4.69) is 34.4 Å². The fourth-order valence-corrected chi connectivity index (χ4v) is 2.23. The lowest BCUT2D eigenvalue weighted by atomic mass is 10.0. The molecule has 3 rings (SSSR count). The van der Waals surface area contributed by atoms with Gasteiger partial charge in [0.1, 0.15) is 0 Å². The van der Waals surface area contributed by atoms with Crippen molar-refractivity contribution in [3.05, 3.63) is 48.4 Å². The fraction of sp³-hybridized carbons (Fsp3) is 0.294. The predicted octanol–water partition coefficient (Wildman–Crippen LogP) is 3.56. The van der Waals surface area contributed by atoms with E-state index in [1.165, 1.54) is 10.8 Å². The molecule has 0 saturated carbocycles. The van der Waals surface area contributed by atoms with Gasteiger partial charge in [-0.05, 0) is 37.1 Å².